The highest BCUT2D eigenvalue weighted by Gasteiger charge is 2.59. The van der Waals surface area contributed by atoms with Crippen molar-refractivity contribution >= 4 is 22.5 Å². The Morgan fingerprint density at radius 2 is 2.11 bits per heavy atom. The third kappa shape index (κ3) is 1.00. The van der Waals surface area contributed by atoms with Gasteiger partial charge < -0.3 is 4.90 Å². The minimum atomic E-state index is -0.214. The number of nitrogens with zero attached hydrogens (tertiary/aromatic N) is 2. The molecular weight excluding hydrogens is 224 g/mol. The Morgan fingerprint density at radius 1 is 1.33 bits per heavy atom. The van der Waals surface area contributed by atoms with Crippen LogP contribution in [0.1, 0.15) is 25.3 Å². The number of hydrogen-bond acceptors (Lipinski definition) is 2. The van der Waals surface area contributed by atoms with Gasteiger partial charge in [0.1, 0.15) is 0 Å². The molecular formula is C15H14N2O. The summed E-state index contributed by atoms with van der Waals surface area (Å²) >= 11 is 0. The first kappa shape index (κ1) is 10.1. The molecule has 4 rings (SSSR count). The van der Waals surface area contributed by atoms with E-state index in [-0.39, 0.29) is 11.3 Å². The summed E-state index contributed by atoms with van der Waals surface area (Å²) in [5, 5.41) is 1.15. The maximum atomic E-state index is 12.5. The zero-order valence-corrected chi connectivity index (χ0v) is 10.3. The van der Waals surface area contributed by atoms with Gasteiger partial charge in [0.2, 0.25) is 5.91 Å². The molecule has 3 heteroatoms. The summed E-state index contributed by atoms with van der Waals surface area (Å²) < 4.78 is 0. The lowest BCUT2D eigenvalue weighted by molar-refractivity contribution is -0.120. The van der Waals surface area contributed by atoms with Crippen LogP contribution in [0.15, 0.2) is 30.5 Å². The van der Waals surface area contributed by atoms with E-state index in [4.69, 9.17) is 0 Å². The molecule has 1 saturated carbocycles. The van der Waals surface area contributed by atoms with Crippen molar-refractivity contribution in [1.82, 2.24) is 4.98 Å². The quantitative estimate of drug-likeness (QED) is 0.765. The van der Waals surface area contributed by atoms with Gasteiger partial charge in [-0.3, -0.25) is 9.78 Å². The number of para-hydroxylation sites is 1. The first-order valence-electron chi connectivity index (χ1n) is 6.48. The van der Waals surface area contributed by atoms with E-state index in [1.165, 1.54) is 5.56 Å². The van der Waals surface area contributed by atoms with Crippen molar-refractivity contribution in [3.8, 4) is 0 Å². The number of fused-ring (bicyclic) bond motifs is 4. The molecule has 1 aromatic carbocycles. The highest BCUT2D eigenvalue weighted by Crippen LogP contribution is 2.58. The number of pyridine rings is 1. The number of carbonyl (C=O) groups is 1. The first-order chi connectivity index (χ1) is 8.78. The van der Waals surface area contributed by atoms with Crippen molar-refractivity contribution in [3.63, 3.8) is 0 Å². The molecule has 0 atom stereocenters. The van der Waals surface area contributed by atoms with E-state index in [1.807, 2.05) is 36.2 Å². The highest BCUT2D eigenvalue weighted by atomic mass is 16.2. The maximum Gasteiger partial charge on any atom is 0.237 e. The van der Waals surface area contributed by atoms with Gasteiger partial charge in [0.05, 0.1) is 22.8 Å². The maximum absolute atomic E-state index is 12.5. The number of hydrogen-bond donors (Lipinski definition) is 0. The van der Waals surface area contributed by atoms with Crippen LogP contribution in [-0.4, -0.2) is 17.4 Å². The molecule has 1 aromatic heterocycles. The normalized spacial score (nSPS) is 19.6. The third-order valence-electron chi connectivity index (χ3n) is 4.25. The van der Waals surface area contributed by atoms with Crippen LogP contribution < -0.4 is 4.90 Å². The predicted octanol–water partition coefficient (Wildman–Crippen LogP) is 2.63. The van der Waals surface area contributed by atoms with Gasteiger partial charge >= 0.3 is 0 Å². The number of amides is 1. The average molecular weight is 238 g/mol. The lowest BCUT2D eigenvalue weighted by atomic mass is 9.94. The number of likely N-dealkylation sites (N-methyl/N-ethyl adjacent to an activating group) is 1. The van der Waals surface area contributed by atoms with Crippen LogP contribution in [0.3, 0.4) is 0 Å². The van der Waals surface area contributed by atoms with E-state index in [0.29, 0.717) is 0 Å². The molecule has 0 N–H and O–H groups in total. The molecule has 1 amide bonds. The molecule has 0 bridgehead atoms. The molecule has 0 unspecified atom stereocenters. The monoisotopic (exact) mass is 238 g/mol. The molecule has 18 heavy (non-hydrogen) atoms. The van der Waals surface area contributed by atoms with E-state index in [1.54, 1.807) is 0 Å². The Hall–Kier alpha value is -1.90. The lowest BCUT2D eigenvalue weighted by Gasteiger charge is -2.14. The van der Waals surface area contributed by atoms with Crippen LogP contribution in [0.25, 0.3) is 10.9 Å². The molecule has 2 aliphatic rings. The minimum absolute atomic E-state index is 0.214. The summed E-state index contributed by atoms with van der Waals surface area (Å²) in [6.45, 7) is 2.76. The fourth-order valence-electron chi connectivity index (χ4n) is 3.22. The molecule has 2 heterocycles. The van der Waals surface area contributed by atoms with E-state index in [0.717, 1.165) is 36.0 Å². The second-order valence-corrected chi connectivity index (χ2v) is 5.17. The average Bonchev–Trinajstić information content (AvgIpc) is 3.15. The molecule has 1 aliphatic heterocycles. The second-order valence-electron chi connectivity index (χ2n) is 5.17. The molecule has 1 fully saturated rings. The Bertz CT molecular complexity index is 673. The fourth-order valence-corrected chi connectivity index (χ4v) is 3.22. The molecule has 2 aromatic rings. The smallest absolute Gasteiger partial charge is 0.237 e. The van der Waals surface area contributed by atoms with E-state index >= 15 is 0 Å². The third-order valence-corrected chi connectivity index (χ3v) is 4.25. The summed E-state index contributed by atoms with van der Waals surface area (Å²) in [7, 11) is 0. The van der Waals surface area contributed by atoms with Gasteiger partial charge in [0, 0.05) is 17.5 Å². The minimum Gasteiger partial charge on any atom is -0.310 e. The van der Waals surface area contributed by atoms with Gasteiger partial charge in [0.15, 0.2) is 0 Å². The summed E-state index contributed by atoms with van der Waals surface area (Å²) in [6, 6.07) is 8.13. The SMILES string of the molecule is CCN1C(=O)C2(CC2)c2c1cnc1ccccc21. The second kappa shape index (κ2) is 3.10. The van der Waals surface area contributed by atoms with Crippen LogP contribution >= 0.6 is 0 Å². The van der Waals surface area contributed by atoms with Gasteiger partial charge in [-0.1, -0.05) is 18.2 Å². The van der Waals surface area contributed by atoms with Crippen molar-refractivity contribution in [2.75, 3.05) is 11.4 Å². The van der Waals surface area contributed by atoms with Crippen LogP contribution in [-0.2, 0) is 10.2 Å². The summed E-state index contributed by atoms with van der Waals surface area (Å²) in [5.74, 6) is 0.276. The van der Waals surface area contributed by atoms with Crippen LogP contribution in [0.2, 0.25) is 0 Å². The fraction of sp³-hybridized carbons (Fsp3) is 0.333. The standard InChI is InChI=1S/C15H14N2O/c1-2-17-12-9-16-11-6-4-3-5-10(11)13(12)15(7-8-15)14(17)18/h3-6,9H,2,7-8H2,1H3. The molecule has 0 radical (unpaired) electrons. The Balaban J connectivity index is 2.11. The zero-order chi connectivity index (χ0) is 12.3. The number of aromatic nitrogens is 1. The van der Waals surface area contributed by atoms with Gasteiger partial charge in [-0.15, -0.1) is 0 Å². The van der Waals surface area contributed by atoms with Crippen LogP contribution in [0.5, 0.6) is 0 Å². The number of anilines is 1. The summed E-state index contributed by atoms with van der Waals surface area (Å²) in [5.41, 5.74) is 3.03. The van der Waals surface area contributed by atoms with Crippen LogP contribution in [0, 0.1) is 0 Å². The van der Waals surface area contributed by atoms with Gasteiger partial charge in [-0.05, 0) is 25.8 Å². The molecule has 1 spiro atoms. The van der Waals surface area contributed by atoms with Gasteiger partial charge in [0.25, 0.3) is 0 Å². The first-order valence-corrected chi connectivity index (χ1v) is 6.48. The Labute approximate surface area is 105 Å². The zero-order valence-electron chi connectivity index (χ0n) is 10.3. The molecule has 90 valence electrons. The molecule has 3 nitrogen and oxygen atoms in total. The molecule has 0 saturated heterocycles. The van der Waals surface area contributed by atoms with Crippen molar-refractivity contribution in [1.29, 1.82) is 0 Å². The largest absolute Gasteiger partial charge is 0.310 e. The van der Waals surface area contributed by atoms with Gasteiger partial charge in [-0.25, -0.2) is 0 Å². The lowest BCUT2D eigenvalue weighted by Crippen LogP contribution is -2.31. The van der Waals surface area contributed by atoms with Gasteiger partial charge in [-0.2, -0.15) is 0 Å². The van der Waals surface area contributed by atoms with E-state index in [2.05, 4.69) is 11.1 Å². The van der Waals surface area contributed by atoms with Crippen molar-refractivity contribution in [2.24, 2.45) is 0 Å². The molecule has 1 aliphatic carbocycles. The summed E-state index contributed by atoms with van der Waals surface area (Å²) in [6.07, 6.45) is 3.85. The van der Waals surface area contributed by atoms with Crippen molar-refractivity contribution < 1.29 is 4.79 Å². The number of benzene rings is 1. The predicted molar refractivity (Wildman–Crippen MR) is 70.7 cm³/mol. The van der Waals surface area contributed by atoms with E-state index in [9.17, 15) is 4.79 Å². The number of carbonyl (C=O) groups excluding carboxylic acids is 1. The number of rotatable bonds is 1. The van der Waals surface area contributed by atoms with Crippen molar-refractivity contribution in [3.05, 3.63) is 36.0 Å². The van der Waals surface area contributed by atoms with Crippen LogP contribution in [0.4, 0.5) is 5.69 Å². The Kier molecular flexibility index (Phi) is 1.74. The topological polar surface area (TPSA) is 33.2 Å². The highest BCUT2D eigenvalue weighted by molar-refractivity contribution is 6.14. The van der Waals surface area contributed by atoms with E-state index < -0.39 is 0 Å². The Morgan fingerprint density at radius 3 is 2.83 bits per heavy atom. The summed E-state index contributed by atoms with van der Waals surface area (Å²) in [4.78, 5) is 18.9. The van der Waals surface area contributed by atoms with Crippen molar-refractivity contribution in [2.45, 2.75) is 25.2 Å².